The largest absolute Gasteiger partial charge is 0.495 e. The zero-order chi connectivity index (χ0) is 23.1. The first-order valence-electron chi connectivity index (χ1n) is 10.8. The van der Waals surface area contributed by atoms with Crippen LogP contribution in [0, 0.1) is 13.8 Å². The van der Waals surface area contributed by atoms with Crippen LogP contribution in [-0.2, 0) is 9.59 Å². The van der Waals surface area contributed by atoms with Crippen molar-refractivity contribution in [3.05, 3.63) is 52.5 Å². The monoisotopic (exact) mass is 458 g/mol. The number of carbonyl (C=O) groups excluding carboxylic acids is 2. The number of ether oxygens (including phenoxy) is 1. The fourth-order valence-electron chi connectivity index (χ4n) is 3.70. The molecular formula is C24H31ClN4O3. The highest BCUT2D eigenvalue weighted by Gasteiger charge is 2.20. The summed E-state index contributed by atoms with van der Waals surface area (Å²) in [5.74, 6) is 0.499. The number of carbonyl (C=O) groups is 2. The van der Waals surface area contributed by atoms with E-state index in [1.807, 2.05) is 32.0 Å². The minimum Gasteiger partial charge on any atom is -0.495 e. The summed E-state index contributed by atoms with van der Waals surface area (Å²) in [5.41, 5.74) is 3.70. The van der Waals surface area contributed by atoms with E-state index < -0.39 is 0 Å². The summed E-state index contributed by atoms with van der Waals surface area (Å²) >= 11 is 6.02. The summed E-state index contributed by atoms with van der Waals surface area (Å²) in [6.07, 6.45) is 0.378. The zero-order valence-corrected chi connectivity index (χ0v) is 19.7. The van der Waals surface area contributed by atoms with Gasteiger partial charge in [-0.2, -0.15) is 0 Å². The van der Waals surface area contributed by atoms with E-state index in [2.05, 4.69) is 20.4 Å². The van der Waals surface area contributed by atoms with Gasteiger partial charge in [-0.3, -0.25) is 14.5 Å². The first kappa shape index (κ1) is 24.0. The van der Waals surface area contributed by atoms with Crippen LogP contribution in [0.4, 0.5) is 11.4 Å². The quantitative estimate of drug-likeness (QED) is 0.632. The Balaban J connectivity index is 1.39. The maximum absolute atomic E-state index is 12.5. The lowest BCUT2D eigenvalue weighted by Gasteiger charge is -2.34. The standard InChI is InChI=1S/C24H31ClN4O3/c1-17-5-4-6-20(18(17)2)26-24(31)16-29-13-11-28(12-14-29)10-9-23(30)27-21-15-19(25)7-8-22(21)32-3/h4-8,15H,9-14,16H2,1-3H3,(H,26,31)(H,27,30). The van der Waals surface area contributed by atoms with Crippen LogP contribution in [-0.4, -0.2) is 68.0 Å². The Bertz CT molecular complexity index is 958. The van der Waals surface area contributed by atoms with Gasteiger partial charge in [-0.1, -0.05) is 23.7 Å². The van der Waals surface area contributed by atoms with Crippen molar-refractivity contribution in [1.82, 2.24) is 9.80 Å². The first-order valence-corrected chi connectivity index (χ1v) is 11.2. The molecule has 0 unspecified atom stereocenters. The van der Waals surface area contributed by atoms with Crippen LogP contribution in [0.25, 0.3) is 0 Å². The molecule has 1 heterocycles. The van der Waals surface area contributed by atoms with Gasteiger partial charge in [0.25, 0.3) is 0 Å². The van der Waals surface area contributed by atoms with E-state index in [0.717, 1.165) is 43.0 Å². The molecule has 32 heavy (non-hydrogen) atoms. The maximum atomic E-state index is 12.5. The lowest BCUT2D eigenvalue weighted by molar-refractivity contribution is -0.117. The normalized spacial score (nSPS) is 14.8. The van der Waals surface area contributed by atoms with Crippen LogP contribution in [0.5, 0.6) is 5.75 Å². The summed E-state index contributed by atoms with van der Waals surface area (Å²) in [6, 6.07) is 11.1. The number of aryl methyl sites for hydroxylation is 1. The number of halogens is 1. The van der Waals surface area contributed by atoms with Crippen LogP contribution in [0.3, 0.4) is 0 Å². The highest BCUT2D eigenvalue weighted by molar-refractivity contribution is 6.31. The Morgan fingerprint density at radius 3 is 2.38 bits per heavy atom. The number of amides is 2. The van der Waals surface area contributed by atoms with Gasteiger partial charge >= 0.3 is 0 Å². The van der Waals surface area contributed by atoms with Crippen LogP contribution in [0.1, 0.15) is 17.5 Å². The van der Waals surface area contributed by atoms with E-state index in [9.17, 15) is 9.59 Å². The molecule has 7 nitrogen and oxygen atoms in total. The van der Waals surface area contributed by atoms with E-state index in [1.54, 1.807) is 25.3 Å². The van der Waals surface area contributed by atoms with Gasteiger partial charge in [0.2, 0.25) is 11.8 Å². The molecule has 2 aromatic rings. The molecule has 0 radical (unpaired) electrons. The van der Waals surface area contributed by atoms with Crippen LogP contribution >= 0.6 is 11.6 Å². The molecule has 3 rings (SSSR count). The molecule has 2 aromatic carbocycles. The number of methoxy groups -OCH3 is 1. The highest BCUT2D eigenvalue weighted by Crippen LogP contribution is 2.27. The predicted octanol–water partition coefficient (Wildman–Crippen LogP) is 3.55. The number of rotatable bonds is 8. The topological polar surface area (TPSA) is 73.9 Å². The molecule has 0 aliphatic carbocycles. The molecule has 0 bridgehead atoms. The fraction of sp³-hybridized carbons (Fsp3) is 0.417. The summed E-state index contributed by atoms with van der Waals surface area (Å²) in [7, 11) is 1.56. The molecule has 8 heteroatoms. The third-order valence-corrected chi connectivity index (χ3v) is 6.04. The number of nitrogens with zero attached hydrogens (tertiary/aromatic N) is 2. The first-order chi connectivity index (χ1) is 15.4. The number of anilines is 2. The molecular weight excluding hydrogens is 428 g/mol. The van der Waals surface area contributed by atoms with E-state index >= 15 is 0 Å². The van der Waals surface area contributed by atoms with Crippen molar-refractivity contribution >= 4 is 34.8 Å². The van der Waals surface area contributed by atoms with Gasteiger partial charge in [0.15, 0.2) is 0 Å². The van der Waals surface area contributed by atoms with Gasteiger partial charge in [-0.15, -0.1) is 0 Å². The Hall–Kier alpha value is -2.61. The summed E-state index contributed by atoms with van der Waals surface area (Å²) < 4.78 is 5.27. The van der Waals surface area contributed by atoms with E-state index in [0.29, 0.717) is 36.0 Å². The molecule has 0 saturated carbocycles. The van der Waals surface area contributed by atoms with E-state index in [1.165, 1.54) is 0 Å². The molecule has 2 amide bonds. The lowest BCUT2D eigenvalue weighted by atomic mass is 10.1. The van der Waals surface area contributed by atoms with Crippen LogP contribution in [0.2, 0.25) is 5.02 Å². The van der Waals surface area contributed by atoms with Gasteiger partial charge in [0, 0.05) is 49.9 Å². The zero-order valence-electron chi connectivity index (χ0n) is 18.9. The average Bonchev–Trinajstić information content (AvgIpc) is 2.76. The molecule has 1 aliphatic rings. The molecule has 0 aromatic heterocycles. The van der Waals surface area contributed by atoms with Gasteiger partial charge in [-0.25, -0.2) is 0 Å². The average molecular weight is 459 g/mol. The van der Waals surface area contributed by atoms with Crippen molar-refractivity contribution in [2.75, 3.05) is 57.0 Å². The fourth-order valence-corrected chi connectivity index (χ4v) is 3.87. The SMILES string of the molecule is COc1ccc(Cl)cc1NC(=O)CCN1CCN(CC(=O)Nc2cccc(C)c2C)CC1. The van der Waals surface area contributed by atoms with Crippen molar-refractivity contribution in [2.24, 2.45) is 0 Å². The second-order valence-corrected chi connectivity index (χ2v) is 8.49. The number of nitrogens with one attached hydrogen (secondary N) is 2. The molecule has 0 spiro atoms. The molecule has 2 N–H and O–H groups in total. The van der Waals surface area contributed by atoms with Crippen molar-refractivity contribution in [1.29, 1.82) is 0 Å². The predicted molar refractivity (Wildman–Crippen MR) is 129 cm³/mol. The van der Waals surface area contributed by atoms with Gasteiger partial charge in [0.05, 0.1) is 19.3 Å². The smallest absolute Gasteiger partial charge is 0.238 e. The molecule has 1 fully saturated rings. The number of hydrogen-bond acceptors (Lipinski definition) is 5. The summed E-state index contributed by atoms with van der Waals surface area (Å²) in [6.45, 7) is 8.33. The lowest BCUT2D eigenvalue weighted by Crippen LogP contribution is -2.49. The van der Waals surface area contributed by atoms with Gasteiger partial charge in [-0.05, 0) is 49.2 Å². The summed E-state index contributed by atoms with van der Waals surface area (Å²) in [5, 5.41) is 6.43. The van der Waals surface area contributed by atoms with E-state index in [-0.39, 0.29) is 11.8 Å². The van der Waals surface area contributed by atoms with Crippen molar-refractivity contribution in [3.63, 3.8) is 0 Å². The van der Waals surface area contributed by atoms with Crippen molar-refractivity contribution < 1.29 is 14.3 Å². The second-order valence-electron chi connectivity index (χ2n) is 8.06. The van der Waals surface area contributed by atoms with Gasteiger partial charge in [0.1, 0.15) is 5.75 Å². The Morgan fingerprint density at radius 1 is 0.969 bits per heavy atom. The maximum Gasteiger partial charge on any atom is 0.238 e. The third kappa shape index (κ3) is 6.69. The Labute approximate surface area is 194 Å². The number of piperazine rings is 1. The minimum atomic E-state index is -0.0825. The van der Waals surface area contributed by atoms with Crippen LogP contribution < -0.4 is 15.4 Å². The minimum absolute atomic E-state index is 0.00185. The van der Waals surface area contributed by atoms with Crippen molar-refractivity contribution in [3.8, 4) is 5.75 Å². The molecule has 172 valence electrons. The van der Waals surface area contributed by atoms with Gasteiger partial charge < -0.3 is 20.3 Å². The molecule has 1 saturated heterocycles. The number of benzene rings is 2. The van der Waals surface area contributed by atoms with E-state index in [4.69, 9.17) is 16.3 Å². The Morgan fingerprint density at radius 2 is 1.66 bits per heavy atom. The highest BCUT2D eigenvalue weighted by atomic mass is 35.5. The number of hydrogen-bond donors (Lipinski definition) is 2. The van der Waals surface area contributed by atoms with Crippen molar-refractivity contribution in [2.45, 2.75) is 20.3 Å². The Kier molecular flexibility index (Phi) is 8.50. The summed E-state index contributed by atoms with van der Waals surface area (Å²) in [4.78, 5) is 29.2. The molecule has 1 aliphatic heterocycles. The third-order valence-electron chi connectivity index (χ3n) is 5.80. The second kappa shape index (κ2) is 11.3. The van der Waals surface area contributed by atoms with Crippen LogP contribution in [0.15, 0.2) is 36.4 Å². The molecule has 0 atom stereocenters.